The van der Waals surface area contributed by atoms with Crippen LogP contribution in [-0.4, -0.2) is 32.9 Å². The van der Waals surface area contributed by atoms with Crippen molar-refractivity contribution in [3.8, 4) is 17.2 Å². The first-order chi connectivity index (χ1) is 11.7. The zero-order valence-electron chi connectivity index (χ0n) is 13.4. The number of rotatable bonds is 9. The number of benzene rings is 2. The van der Waals surface area contributed by atoms with E-state index in [1.807, 2.05) is 36.4 Å². The van der Waals surface area contributed by atoms with Crippen molar-refractivity contribution in [1.29, 1.82) is 0 Å². The van der Waals surface area contributed by atoms with Gasteiger partial charge in [-0.25, -0.2) is 0 Å². The van der Waals surface area contributed by atoms with Gasteiger partial charge in [-0.2, -0.15) is 0 Å². The van der Waals surface area contributed by atoms with Crippen LogP contribution in [0.5, 0.6) is 17.2 Å². The summed E-state index contributed by atoms with van der Waals surface area (Å²) < 4.78 is 22.2. The van der Waals surface area contributed by atoms with E-state index in [0.29, 0.717) is 18.1 Å². The highest BCUT2D eigenvalue weighted by atomic mass is 79.9. The van der Waals surface area contributed by atoms with Crippen LogP contribution in [0.15, 0.2) is 53.0 Å². The number of para-hydroxylation sites is 2. The van der Waals surface area contributed by atoms with Crippen molar-refractivity contribution in [1.82, 2.24) is 0 Å². The molecule has 0 aliphatic rings. The van der Waals surface area contributed by atoms with Crippen LogP contribution in [0.4, 0.5) is 0 Å². The number of hydrogen-bond donors (Lipinski definition) is 0. The van der Waals surface area contributed by atoms with Crippen LogP contribution in [0.3, 0.4) is 0 Å². The average molecular weight is 395 g/mol. The maximum absolute atomic E-state index is 11.7. The molecule has 0 aliphatic heterocycles. The first-order valence-electron chi connectivity index (χ1n) is 7.49. The van der Waals surface area contributed by atoms with Crippen molar-refractivity contribution in [2.45, 2.75) is 6.42 Å². The van der Waals surface area contributed by atoms with Crippen LogP contribution in [0.1, 0.15) is 6.42 Å². The summed E-state index contributed by atoms with van der Waals surface area (Å²) in [5.74, 6) is 1.63. The second-order valence-electron chi connectivity index (χ2n) is 4.78. The van der Waals surface area contributed by atoms with E-state index in [2.05, 4.69) is 15.9 Å². The molecular weight excluding hydrogens is 376 g/mol. The van der Waals surface area contributed by atoms with Crippen LogP contribution < -0.4 is 14.2 Å². The lowest BCUT2D eigenvalue weighted by atomic mass is 10.3. The summed E-state index contributed by atoms with van der Waals surface area (Å²) in [4.78, 5) is 11.7. The first kappa shape index (κ1) is 18.1. The van der Waals surface area contributed by atoms with Gasteiger partial charge < -0.3 is 18.9 Å². The molecule has 0 amide bonds. The molecule has 5 nitrogen and oxygen atoms in total. The SMILES string of the molecule is COc1ccccc1OCCC(=O)OCCOc1cccc(Br)c1. The fraction of sp³-hybridized carbons (Fsp3) is 0.278. The van der Waals surface area contributed by atoms with Gasteiger partial charge in [-0.1, -0.05) is 34.1 Å². The minimum absolute atomic E-state index is 0.162. The van der Waals surface area contributed by atoms with Crippen LogP contribution in [0.25, 0.3) is 0 Å². The summed E-state index contributed by atoms with van der Waals surface area (Å²) in [5, 5.41) is 0. The number of methoxy groups -OCH3 is 1. The molecule has 0 aromatic heterocycles. The molecule has 0 heterocycles. The molecule has 2 rings (SSSR count). The highest BCUT2D eigenvalue weighted by Gasteiger charge is 2.06. The Morgan fingerprint density at radius 1 is 0.958 bits per heavy atom. The topological polar surface area (TPSA) is 54.0 Å². The number of hydrogen-bond acceptors (Lipinski definition) is 5. The molecule has 2 aromatic rings. The molecule has 24 heavy (non-hydrogen) atoms. The fourth-order valence-corrected chi connectivity index (χ4v) is 2.30. The maximum atomic E-state index is 11.7. The minimum Gasteiger partial charge on any atom is -0.493 e. The highest BCUT2D eigenvalue weighted by Crippen LogP contribution is 2.25. The molecule has 128 valence electrons. The van der Waals surface area contributed by atoms with E-state index in [4.69, 9.17) is 18.9 Å². The predicted molar refractivity (Wildman–Crippen MR) is 93.7 cm³/mol. The van der Waals surface area contributed by atoms with E-state index in [1.165, 1.54) is 0 Å². The molecule has 0 N–H and O–H groups in total. The third-order valence-electron chi connectivity index (χ3n) is 3.04. The zero-order valence-corrected chi connectivity index (χ0v) is 15.0. The molecule has 0 aliphatic carbocycles. The third kappa shape index (κ3) is 6.12. The van der Waals surface area contributed by atoms with Crippen LogP contribution >= 0.6 is 15.9 Å². The van der Waals surface area contributed by atoms with Gasteiger partial charge in [0.1, 0.15) is 19.0 Å². The quantitative estimate of drug-likeness (QED) is 0.477. The van der Waals surface area contributed by atoms with E-state index in [1.54, 1.807) is 19.2 Å². The van der Waals surface area contributed by atoms with Gasteiger partial charge in [0, 0.05) is 4.47 Å². The standard InChI is InChI=1S/C18H19BrO5/c1-21-16-7-2-3-8-17(16)23-10-9-18(20)24-12-11-22-15-6-4-5-14(19)13-15/h2-8,13H,9-12H2,1H3. The van der Waals surface area contributed by atoms with E-state index in [9.17, 15) is 4.79 Å². The third-order valence-corrected chi connectivity index (χ3v) is 3.54. The first-order valence-corrected chi connectivity index (χ1v) is 8.28. The van der Waals surface area contributed by atoms with Gasteiger partial charge in [0.2, 0.25) is 0 Å². The van der Waals surface area contributed by atoms with Gasteiger partial charge in [-0.3, -0.25) is 4.79 Å². The summed E-state index contributed by atoms with van der Waals surface area (Å²) >= 11 is 3.36. The highest BCUT2D eigenvalue weighted by molar-refractivity contribution is 9.10. The molecule has 0 spiro atoms. The Morgan fingerprint density at radius 2 is 1.75 bits per heavy atom. The summed E-state index contributed by atoms with van der Waals surface area (Å²) in [6.45, 7) is 0.723. The lowest BCUT2D eigenvalue weighted by Crippen LogP contribution is -2.14. The second kappa shape index (κ2) is 9.82. The Kier molecular flexibility index (Phi) is 7.42. The molecule has 6 heteroatoms. The van der Waals surface area contributed by atoms with Crippen molar-refractivity contribution in [2.24, 2.45) is 0 Å². The van der Waals surface area contributed by atoms with E-state index >= 15 is 0 Å². The van der Waals surface area contributed by atoms with Crippen molar-refractivity contribution in [2.75, 3.05) is 26.9 Å². The fourth-order valence-electron chi connectivity index (χ4n) is 1.93. The monoisotopic (exact) mass is 394 g/mol. The molecule has 0 saturated heterocycles. The maximum Gasteiger partial charge on any atom is 0.309 e. The molecule has 0 radical (unpaired) electrons. The summed E-state index contributed by atoms with van der Waals surface area (Å²) in [7, 11) is 1.57. The Morgan fingerprint density at radius 3 is 2.50 bits per heavy atom. The van der Waals surface area contributed by atoms with Crippen LogP contribution in [-0.2, 0) is 9.53 Å². The summed E-state index contributed by atoms with van der Waals surface area (Å²) in [6.07, 6.45) is 0.162. The second-order valence-corrected chi connectivity index (χ2v) is 5.69. The van der Waals surface area contributed by atoms with Crippen LogP contribution in [0, 0.1) is 0 Å². The predicted octanol–water partition coefficient (Wildman–Crippen LogP) is 3.85. The summed E-state index contributed by atoms with van der Waals surface area (Å²) in [5.41, 5.74) is 0. The largest absolute Gasteiger partial charge is 0.493 e. The van der Waals surface area contributed by atoms with Crippen molar-refractivity contribution >= 4 is 21.9 Å². The van der Waals surface area contributed by atoms with Crippen molar-refractivity contribution in [3.63, 3.8) is 0 Å². The van der Waals surface area contributed by atoms with E-state index in [0.717, 1.165) is 10.2 Å². The molecule has 0 unspecified atom stereocenters. The number of esters is 1. The van der Waals surface area contributed by atoms with Gasteiger partial charge >= 0.3 is 5.97 Å². The number of ether oxygens (including phenoxy) is 4. The minimum atomic E-state index is -0.331. The Hall–Kier alpha value is -2.21. The molecular formula is C18H19BrO5. The number of halogens is 1. The molecule has 0 fully saturated rings. The Bertz CT molecular complexity index is 659. The van der Waals surface area contributed by atoms with Crippen molar-refractivity contribution < 1.29 is 23.7 Å². The van der Waals surface area contributed by atoms with E-state index < -0.39 is 0 Å². The van der Waals surface area contributed by atoms with Crippen molar-refractivity contribution in [3.05, 3.63) is 53.0 Å². The van der Waals surface area contributed by atoms with Gasteiger partial charge in [0.25, 0.3) is 0 Å². The Labute approximate surface area is 149 Å². The van der Waals surface area contributed by atoms with Crippen LogP contribution in [0.2, 0.25) is 0 Å². The molecule has 2 aromatic carbocycles. The van der Waals surface area contributed by atoms with Gasteiger partial charge in [0.15, 0.2) is 11.5 Å². The molecule has 0 saturated carbocycles. The lowest BCUT2D eigenvalue weighted by molar-refractivity contribution is -0.144. The van der Waals surface area contributed by atoms with Gasteiger partial charge in [-0.05, 0) is 30.3 Å². The molecule has 0 bridgehead atoms. The zero-order chi connectivity index (χ0) is 17.2. The normalized spacial score (nSPS) is 10.1. The van der Waals surface area contributed by atoms with Gasteiger partial charge in [0.05, 0.1) is 20.1 Å². The van der Waals surface area contributed by atoms with Gasteiger partial charge in [-0.15, -0.1) is 0 Å². The number of carbonyl (C=O) groups excluding carboxylic acids is 1. The smallest absolute Gasteiger partial charge is 0.309 e. The number of carbonyl (C=O) groups is 1. The summed E-state index contributed by atoms with van der Waals surface area (Å²) in [6, 6.07) is 14.8. The molecule has 0 atom stereocenters. The van der Waals surface area contributed by atoms with E-state index in [-0.39, 0.29) is 25.6 Å². The Balaban J connectivity index is 1.61. The lowest BCUT2D eigenvalue weighted by Gasteiger charge is -2.10. The average Bonchev–Trinajstić information content (AvgIpc) is 2.59.